The van der Waals surface area contributed by atoms with Crippen LogP contribution in [0, 0.1) is 5.92 Å². The molecule has 0 radical (unpaired) electrons. The van der Waals surface area contributed by atoms with E-state index in [1.165, 1.54) is 0 Å². The zero-order valence-corrected chi connectivity index (χ0v) is 8.48. The van der Waals surface area contributed by atoms with E-state index < -0.39 is 0 Å². The fourth-order valence-electron chi connectivity index (χ4n) is 0.675. The fourth-order valence-corrected chi connectivity index (χ4v) is 0.675. The molecule has 0 aliphatic rings. The highest BCUT2D eigenvalue weighted by Crippen LogP contribution is 2.00. The Morgan fingerprint density at radius 1 is 1.58 bits per heavy atom. The van der Waals surface area contributed by atoms with Gasteiger partial charge in [0.25, 0.3) is 0 Å². The molecule has 3 N–H and O–H groups in total. The molecule has 0 spiro atoms. The van der Waals surface area contributed by atoms with E-state index in [0.29, 0.717) is 6.54 Å². The largest absolute Gasteiger partial charge is 0.354 e. The SMILES string of the molecule is CCC(C)C(=O)NCC(C)(C)N. The third-order valence-corrected chi connectivity index (χ3v) is 1.78. The number of rotatable bonds is 4. The van der Waals surface area contributed by atoms with Crippen LogP contribution in [-0.2, 0) is 4.79 Å². The van der Waals surface area contributed by atoms with Crippen molar-refractivity contribution >= 4 is 5.91 Å². The smallest absolute Gasteiger partial charge is 0.222 e. The minimum absolute atomic E-state index is 0.0901. The molecule has 72 valence electrons. The van der Waals surface area contributed by atoms with Gasteiger partial charge in [0, 0.05) is 18.0 Å². The number of hydrogen-bond acceptors (Lipinski definition) is 2. The first-order valence-corrected chi connectivity index (χ1v) is 4.43. The maximum absolute atomic E-state index is 11.3. The molecule has 0 saturated carbocycles. The summed E-state index contributed by atoms with van der Waals surface area (Å²) in [5.41, 5.74) is 5.39. The summed E-state index contributed by atoms with van der Waals surface area (Å²) in [4.78, 5) is 11.3. The van der Waals surface area contributed by atoms with Crippen LogP contribution in [0.4, 0.5) is 0 Å². The minimum Gasteiger partial charge on any atom is -0.354 e. The minimum atomic E-state index is -0.316. The van der Waals surface area contributed by atoms with E-state index in [0.717, 1.165) is 6.42 Å². The Morgan fingerprint density at radius 3 is 2.42 bits per heavy atom. The van der Waals surface area contributed by atoms with Crippen molar-refractivity contribution in [3.63, 3.8) is 0 Å². The highest BCUT2D eigenvalue weighted by atomic mass is 16.1. The molecule has 0 bridgehead atoms. The van der Waals surface area contributed by atoms with E-state index in [-0.39, 0.29) is 17.4 Å². The lowest BCUT2D eigenvalue weighted by Gasteiger charge is -2.20. The Balaban J connectivity index is 3.72. The molecule has 3 heteroatoms. The van der Waals surface area contributed by atoms with Gasteiger partial charge in [-0.2, -0.15) is 0 Å². The second-order valence-corrected chi connectivity index (χ2v) is 4.02. The Morgan fingerprint density at radius 2 is 2.08 bits per heavy atom. The van der Waals surface area contributed by atoms with Gasteiger partial charge < -0.3 is 11.1 Å². The number of amides is 1. The van der Waals surface area contributed by atoms with Crippen molar-refractivity contribution in [1.82, 2.24) is 5.32 Å². The summed E-state index contributed by atoms with van der Waals surface area (Å²) in [6.07, 6.45) is 0.872. The molecule has 0 aliphatic carbocycles. The Kier molecular flexibility index (Phi) is 4.24. The summed E-state index contributed by atoms with van der Waals surface area (Å²) >= 11 is 0. The molecule has 0 aromatic rings. The first-order valence-electron chi connectivity index (χ1n) is 4.43. The van der Waals surface area contributed by atoms with Crippen molar-refractivity contribution in [2.75, 3.05) is 6.54 Å². The van der Waals surface area contributed by atoms with Crippen molar-refractivity contribution in [2.24, 2.45) is 11.7 Å². The zero-order chi connectivity index (χ0) is 9.78. The van der Waals surface area contributed by atoms with Gasteiger partial charge in [-0.05, 0) is 20.3 Å². The second kappa shape index (κ2) is 4.45. The molecule has 1 unspecified atom stereocenters. The van der Waals surface area contributed by atoms with Gasteiger partial charge in [-0.1, -0.05) is 13.8 Å². The number of nitrogens with one attached hydrogen (secondary N) is 1. The number of nitrogens with two attached hydrogens (primary N) is 1. The van der Waals surface area contributed by atoms with Gasteiger partial charge in [-0.25, -0.2) is 0 Å². The monoisotopic (exact) mass is 172 g/mol. The summed E-state index contributed by atoms with van der Waals surface area (Å²) in [6, 6.07) is 0. The summed E-state index contributed by atoms with van der Waals surface area (Å²) in [5.74, 6) is 0.184. The van der Waals surface area contributed by atoms with Crippen LogP contribution in [0.1, 0.15) is 34.1 Å². The van der Waals surface area contributed by atoms with Crippen LogP contribution in [0.5, 0.6) is 0 Å². The Bertz CT molecular complexity index is 149. The standard InChI is InChI=1S/C9H20N2O/c1-5-7(2)8(12)11-6-9(3,4)10/h7H,5-6,10H2,1-4H3,(H,11,12). The molecule has 0 aliphatic heterocycles. The number of hydrogen-bond donors (Lipinski definition) is 2. The van der Waals surface area contributed by atoms with Gasteiger partial charge >= 0.3 is 0 Å². The van der Waals surface area contributed by atoms with E-state index in [4.69, 9.17) is 5.73 Å². The molecular formula is C9H20N2O. The van der Waals surface area contributed by atoms with Crippen LogP contribution in [0.15, 0.2) is 0 Å². The second-order valence-electron chi connectivity index (χ2n) is 4.02. The third kappa shape index (κ3) is 5.13. The van der Waals surface area contributed by atoms with Gasteiger partial charge in [0.2, 0.25) is 5.91 Å². The summed E-state index contributed by atoms with van der Waals surface area (Å²) in [7, 11) is 0. The number of carbonyl (C=O) groups is 1. The van der Waals surface area contributed by atoms with Crippen LogP contribution < -0.4 is 11.1 Å². The first kappa shape index (κ1) is 11.4. The molecule has 1 atom stereocenters. The number of carbonyl (C=O) groups excluding carboxylic acids is 1. The lowest BCUT2D eigenvalue weighted by atomic mass is 10.1. The Hall–Kier alpha value is -0.570. The molecule has 0 rings (SSSR count). The average Bonchev–Trinajstić information content (AvgIpc) is 1.97. The predicted octanol–water partition coefficient (Wildman–Crippen LogP) is 0.886. The van der Waals surface area contributed by atoms with Crippen molar-refractivity contribution in [2.45, 2.75) is 39.7 Å². The highest BCUT2D eigenvalue weighted by molar-refractivity contribution is 5.78. The quantitative estimate of drug-likeness (QED) is 0.661. The van der Waals surface area contributed by atoms with Gasteiger partial charge in [0.1, 0.15) is 0 Å². The van der Waals surface area contributed by atoms with Crippen molar-refractivity contribution in [3.8, 4) is 0 Å². The van der Waals surface area contributed by atoms with Gasteiger partial charge in [0.15, 0.2) is 0 Å². The van der Waals surface area contributed by atoms with Crippen LogP contribution in [-0.4, -0.2) is 18.0 Å². The van der Waals surface area contributed by atoms with Gasteiger partial charge in [-0.15, -0.1) is 0 Å². The highest BCUT2D eigenvalue weighted by Gasteiger charge is 2.14. The average molecular weight is 172 g/mol. The molecule has 12 heavy (non-hydrogen) atoms. The fraction of sp³-hybridized carbons (Fsp3) is 0.889. The predicted molar refractivity (Wildman–Crippen MR) is 50.7 cm³/mol. The van der Waals surface area contributed by atoms with Crippen molar-refractivity contribution in [1.29, 1.82) is 0 Å². The van der Waals surface area contributed by atoms with E-state index in [1.807, 2.05) is 27.7 Å². The molecule has 0 aromatic carbocycles. The molecule has 0 heterocycles. The summed E-state index contributed by atoms with van der Waals surface area (Å²) in [5, 5.41) is 2.81. The maximum atomic E-state index is 11.3. The summed E-state index contributed by atoms with van der Waals surface area (Å²) in [6.45, 7) is 8.24. The van der Waals surface area contributed by atoms with E-state index >= 15 is 0 Å². The molecular weight excluding hydrogens is 152 g/mol. The molecule has 1 amide bonds. The van der Waals surface area contributed by atoms with Crippen LogP contribution >= 0.6 is 0 Å². The first-order chi connectivity index (χ1) is 5.37. The Labute approximate surface area is 74.7 Å². The van der Waals surface area contributed by atoms with E-state index in [9.17, 15) is 4.79 Å². The summed E-state index contributed by atoms with van der Waals surface area (Å²) < 4.78 is 0. The van der Waals surface area contributed by atoms with Gasteiger partial charge in [0.05, 0.1) is 0 Å². The van der Waals surface area contributed by atoms with Crippen LogP contribution in [0.3, 0.4) is 0 Å². The maximum Gasteiger partial charge on any atom is 0.222 e. The lowest BCUT2D eigenvalue weighted by Crippen LogP contribution is -2.46. The van der Waals surface area contributed by atoms with E-state index in [2.05, 4.69) is 5.32 Å². The van der Waals surface area contributed by atoms with Crippen molar-refractivity contribution < 1.29 is 4.79 Å². The molecule has 0 saturated heterocycles. The van der Waals surface area contributed by atoms with Gasteiger partial charge in [-0.3, -0.25) is 4.79 Å². The molecule has 0 fully saturated rings. The normalized spacial score (nSPS) is 14.1. The topological polar surface area (TPSA) is 55.1 Å². The third-order valence-electron chi connectivity index (χ3n) is 1.78. The molecule has 3 nitrogen and oxygen atoms in total. The van der Waals surface area contributed by atoms with Crippen LogP contribution in [0.25, 0.3) is 0 Å². The molecule has 0 aromatic heterocycles. The lowest BCUT2D eigenvalue weighted by molar-refractivity contribution is -0.124. The van der Waals surface area contributed by atoms with Crippen molar-refractivity contribution in [3.05, 3.63) is 0 Å². The van der Waals surface area contributed by atoms with E-state index in [1.54, 1.807) is 0 Å². The zero-order valence-electron chi connectivity index (χ0n) is 8.48. The van der Waals surface area contributed by atoms with Crippen LogP contribution in [0.2, 0.25) is 0 Å².